The second-order valence-corrected chi connectivity index (χ2v) is 10.9. The number of anilines is 2. The molecule has 6 rings (SSSR count). The number of aromatic nitrogens is 2. The predicted molar refractivity (Wildman–Crippen MR) is 157 cm³/mol. The number of piperidine rings is 1. The molecule has 1 amide bonds. The number of aryl methyl sites for hydroxylation is 1. The van der Waals surface area contributed by atoms with Gasteiger partial charge in [-0.15, -0.1) is 5.12 Å². The molecule has 2 aromatic heterocycles. The van der Waals surface area contributed by atoms with Gasteiger partial charge in [-0.1, -0.05) is 12.5 Å². The van der Waals surface area contributed by atoms with Gasteiger partial charge in [0.2, 0.25) is 0 Å². The van der Waals surface area contributed by atoms with Crippen LogP contribution in [0.3, 0.4) is 0 Å². The van der Waals surface area contributed by atoms with E-state index >= 15 is 0 Å². The van der Waals surface area contributed by atoms with Crippen molar-refractivity contribution in [2.24, 2.45) is 0 Å². The number of carbonyl (C=O) groups is 1. The van der Waals surface area contributed by atoms with Crippen molar-refractivity contribution in [3.05, 3.63) is 94.7 Å². The first-order valence-corrected chi connectivity index (χ1v) is 14.1. The smallest absolute Gasteiger partial charge is 0.346 e. The van der Waals surface area contributed by atoms with Crippen molar-refractivity contribution in [2.75, 3.05) is 30.5 Å². The number of nitrogens with one attached hydrogen (secondary N) is 3. The number of alkyl halides is 3. The minimum atomic E-state index is -4.91. The number of benzene rings is 2. The summed E-state index contributed by atoms with van der Waals surface area (Å²) in [5, 5.41) is 7.12. The Kier molecular flexibility index (Phi) is 7.57. The minimum absolute atomic E-state index is 0.0445. The summed E-state index contributed by atoms with van der Waals surface area (Å²) in [4.78, 5) is 22.8. The zero-order valence-electron chi connectivity index (χ0n) is 23.7. The second-order valence-electron chi connectivity index (χ2n) is 10.9. The zero-order valence-corrected chi connectivity index (χ0v) is 23.7. The van der Waals surface area contributed by atoms with Crippen LogP contribution < -0.4 is 15.8 Å². The predicted octanol–water partition coefficient (Wildman–Crippen LogP) is 6.44. The van der Waals surface area contributed by atoms with Gasteiger partial charge in [0.25, 0.3) is 5.91 Å². The van der Waals surface area contributed by atoms with Crippen molar-refractivity contribution in [1.29, 1.82) is 0 Å². The molecular formula is C31H31F4N7O. The quantitative estimate of drug-likeness (QED) is 0.224. The number of carbonyl (C=O) groups excluding carboxylic acids is 1. The Morgan fingerprint density at radius 3 is 2.63 bits per heavy atom. The molecule has 0 unspecified atom stereocenters. The first-order chi connectivity index (χ1) is 20.6. The van der Waals surface area contributed by atoms with Crippen molar-refractivity contribution < 1.29 is 22.4 Å². The number of pyridine rings is 1. The molecule has 4 heterocycles. The Morgan fingerprint density at radius 1 is 1.07 bits per heavy atom. The first kappa shape index (κ1) is 28.7. The van der Waals surface area contributed by atoms with Gasteiger partial charge in [0.15, 0.2) is 0 Å². The van der Waals surface area contributed by atoms with Crippen molar-refractivity contribution in [2.45, 2.75) is 38.9 Å². The zero-order chi connectivity index (χ0) is 30.3. The van der Waals surface area contributed by atoms with Crippen LogP contribution in [0.4, 0.5) is 28.9 Å². The largest absolute Gasteiger partial charge is 0.419 e. The van der Waals surface area contributed by atoms with Crippen LogP contribution in [0.5, 0.6) is 0 Å². The number of hydrogen-bond donors (Lipinski definition) is 3. The topological polar surface area (TPSA) is 79.5 Å². The summed E-state index contributed by atoms with van der Waals surface area (Å²) < 4.78 is 56.3. The summed E-state index contributed by atoms with van der Waals surface area (Å²) >= 11 is 0. The van der Waals surface area contributed by atoms with E-state index in [0.717, 1.165) is 47.1 Å². The third-order valence-electron chi connectivity index (χ3n) is 7.84. The van der Waals surface area contributed by atoms with Crippen molar-refractivity contribution >= 4 is 34.0 Å². The van der Waals surface area contributed by atoms with Crippen LogP contribution in [-0.2, 0) is 12.7 Å². The standard InChI is InChI=1S/C31H31F4N7O/c1-19-6-7-21(14-27(19)42-18-26(39-40(42)2)22-12-20-8-9-36-29(20)37-16-22)30(43)38-24-13-23(17-41-10-4-3-5-11-41)28(32)25(15-24)31(33,34)35/h6-9,12-16,18,39H,3-5,10-11,17H2,1-2H3,(H,36,37)(H,38,43). The molecule has 3 N–H and O–H groups in total. The first-order valence-electron chi connectivity index (χ1n) is 14.1. The Bertz CT molecular complexity index is 1710. The molecular weight excluding hydrogens is 562 g/mol. The third-order valence-corrected chi connectivity index (χ3v) is 7.84. The number of hydrogen-bond acceptors (Lipinski definition) is 6. The molecule has 0 atom stereocenters. The van der Waals surface area contributed by atoms with E-state index in [2.05, 4.69) is 20.7 Å². The molecule has 2 aliphatic heterocycles. The molecule has 0 bridgehead atoms. The number of rotatable bonds is 6. The maximum atomic E-state index is 15.0. The fourth-order valence-electron chi connectivity index (χ4n) is 5.56. The van der Waals surface area contributed by atoms with Gasteiger partial charge in [-0.2, -0.15) is 13.2 Å². The van der Waals surface area contributed by atoms with Gasteiger partial charge in [0.05, 0.1) is 16.9 Å². The highest BCUT2D eigenvalue weighted by Crippen LogP contribution is 2.36. The number of fused-ring (bicyclic) bond motifs is 1. The Balaban J connectivity index is 1.27. The number of nitrogens with zero attached hydrogens (tertiary/aromatic N) is 4. The van der Waals surface area contributed by atoms with E-state index in [1.54, 1.807) is 29.5 Å². The van der Waals surface area contributed by atoms with Crippen molar-refractivity contribution in [1.82, 2.24) is 25.4 Å². The lowest BCUT2D eigenvalue weighted by atomic mass is 10.0. The summed E-state index contributed by atoms with van der Waals surface area (Å²) in [6.07, 6.45) is 3.42. The number of H-pyrrole nitrogens is 1. The van der Waals surface area contributed by atoms with E-state index in [1.807, 2.05) is 48.4 Å². The van der Waals surface area contributed by atoms with Gasteiger partial charge in [-0.05, 0) is 74.8 Å². The maximum absolute atomic E-state index is 15.0. The van der Waals surface area contributed by atoms with E-state index in [0.29, 0.717) is 24.8 Å². The summed E-state index contributed by atoms with van der Waals surface area (Å²) in [7, 11) is 1.82. The number of hydrazine groups is 2. The number of amides is 1. The van der Waals surface area contributed by atoms with E-state index in [4.69, 9.17) is 0 Å². The lowest BCUT2D eigenvalue weighted by Crippen LogP contribution is -2.39. The molecule has 2 aliphatic rings. The van der Waals surface area contributed by atoms with E-state index in [9.17, 15) is 22.4 Å². The Hall–Kier alpha value is -4.42. The summed E-state index contributed by atoms with van der Waals surface area (Å²) in [5.74, 6) is -1.90. The molecule has 1 saturated heterocycles. The molecule has 1 fully saturated rings. The molecule has 43 heavy (non-hydrogen) atoms. The van der Waals surface area contributed by atoms with Crippen molar-refractivity contribution in [3.8, 4) is 0 Å². The van der Waals surface area contributed by atoms with Crippen LogP contribution in [0, 0.1) is 12.7 Å². The summed E-state index contributed by atoms with van der Waals surface area (Å²) in [5.41, 5.74) is 5.92. The van der Waals surface area contributed by atoms with Gasteiger partial charge < -0.3 is 10.3 Å². The Labute approximate surface area is 245 Å². The fourth-order valence-corrected chi connectivity index (χ4v) is 5.56. The average Bonchev–Trinajstić information content (AvgIpc) is 3.61. The molecule has 2 aromatic carbocycles. The summed E-state index contributed by atoms with van der Waals surface area (Å²) in [6.45, 7) is 3.32. The molecule has 12 heteroatoms. The van der Waals surface area contributed by atoms with Gasteiger partial charge in [0, 0.05) is 60.0 Å². The van der Waals surface area contributed by atoms with Gasteiger partial charge in [-0.25, -0.2) is 9.37 Å². The van der Waals surface area contributed by atoms with Gasteiger partial charge in [0.1, 0.15) is 11.5 Å². The normalized spacial score (nSPS) is 16.4. The second kappa shape index (κ2) is 11.3. The average molecular weight is 594 g/mol. The molecule has 4 aromatic rings. The van der Waals surface area contributed by atoms with Crippen molar-refractivity contribution in [3.63, 3.8) is 0 Å². The van der Waals surface area contributed by atoms with E-state index in [1.165, 1.54) is 6.07 Å². The molecule has 0 saturated carbocycles. The molecule has 8 nitrogen and oxygen atoms in total. The SMILES string of the molecule is Cc1ccc(C(=O)Nc2cc(CN3CCCCC3)c(F)c(C(F)(F)F)c2)cc1N1C=C(c2cnc3[nH]ccc3c2)NN1C. The highest BCUT2D eigenvalue weighted by molar-refractivity contribution is 6.05. The number of halogens is 4. The molecule has 224 valence electrons. The maximum Gasteiger partial charge on any atom is 0.419 e. The summed E-state index contributed by atoms with van der Waals surface area (Å²) in [6, 6.07) is 10.9. The third kappa shape index (κ3) is 5.93. The number of aromatic amines is 1. The van der Waals surface area contributed by atoms with Crippen LogP contribution in [0.1, 0.15) is 51.9 Å². The lowest BCUT2D eigenvalue weighted by Gasteiger charge is -2.27. The number of likely N-dealkylation sites (tertiary alicyclic amines) is 1. The molecule has 0 spiro atoms. The highest BCUT2D eigenvalue weighted by Gasteiger charge is 2.36. The van der Waals surface area contributed by atoms with Crippen LogP contribution in [-0.4, -0.2) is 46.0 Å². The van der Waals surface area contributed by atoms with E-state index < -0.39 is 23.5 Å². The lowest BCUT2D eigenvalue weighted by molar-refractivity contribution is -0.140. The monoisotopic (exact) mass is 593 g/mol. The van der Waals surface area contributed by atoms with Crippen LogP contribution in [0.25, 0.3) is 16.7 Å². The molecule has 0 aliphatic carbocycles. The molecule has 0 radical (unpaired) electrons. The fraction of sp³-hybridized carbons (Fsp3) is 0.290. The van der Waals surface area contributed by atoms with Gasteiger partial charge in [-0.3, -0.25) is 20.1 Å². The minimum Gasteiger partial charge on any atom is -0.346 e. The van der Waals surface area contributed by atoms with E-state index in [-0.39, 0.29) is 23.4 Å². The van der Waals surface area contributed by atoms with Crippen LogP contribution in [0.2, 0.25) is 0 Å². The van der Waals surface area contributed by atoms with Crippen LogP contribution >= 0.6 is 0 Å². The van der Waals surface area contributed by atoms with Gasteiger partial charge >= 0.3 is 6.18 Å². The Morgan fingerprint density at radius 2 is 1.86 bits per heavy atom. The van der Waals surface area contributed by atoms with Crippen LogP contribution in [0.15, 0.2) is 61.1 Å². The highest BCUT2D eigenvalue weighted by atomic mass is 19.4.